The number of amides is 1. The van der Waals surface area contributed by atoms with Crippen LogP contribution in [-0.2, 0) is 4.79 Å². The maximum atomic E-state index is 13.9. The van der Waals surface area contributed by atoms with E-state index < -0.39 is 5.82 Å². The Morgan fingerprint density at radius 3 is 2.61 bits per heavy atom. The Bertz CT molecular complexity index is 733. The van der Waals surface area contributed by atoms with Gasteiger partial charge < -0.3 is 4.90 Å². The van der Waals surface area contributed by atoms with Crippen LogP contribution in [0.5, 0.6) is 0 Å². The van der Waals surface area contributed by atoms with Gasteiger partial charge in [-0.1, -0.05) is 35.9 Å². The van der Waals surface area contributed by atoms with E-state index in [0.717, 1.165) is 4.90 Å². The number of nitrogens with zero attached hydrogens (tertiary/aromatic N) is 2. The predicted molar refractivity (Wildman–Crippen MR) is 91.2 cm³/mol. The molecule has 0 unspecified atom stereocenters. The average molecular weight is 349 g/mol. The van der Waals surface area contributed by atoms with E-state index >= 15 is 0 Å². The van der Waals surface area contributed by atoms with Gasteiger partial charge in [0, 0.05) is 11.4 Å². The molecule has 2 aromatic carbocycles. The lowest BCUT2D eigenvalue weighted by atomic mass is 10.2. The van der Waals surface area contributed by atoms with E-state index in [-0.39, 0.29) is 30.3 Å². The Labute approximate surface area is 143 Å². The van der Waals surface area contributed by atoms with E-state index in [1.807, 2.05) is 24.3 Å². The summed E-state index contributed by atoms with van der Waals surface area (Å²) in [4.78, 5) is 14.6. The Morgan fingerprint density at radius 2 is 1.91 bits per heavy atom. The predicted octanol–water partition coefficient (Wildman–Crippen LogP) is 4.52. The largest absolute Gasteiger partial charge is 0.308 e. The van der Waals surface area contributed by atoms with Crippen molar-refractivity contribution in [3.05, 3.63) is 59.4 Å². The summed E-state index contributed by atoms with van der Waals surface area (Å²) < 4.78 is 13.9. The molecule has 0 aliphatic rings. The van der Waals surface area contributed by atoms with Crippen LogP contribution in [-0.4, -0.2) is 18.2 Å². The summed E-state index contributed by atoms with van der Waals surface area (Å²) in [6.07, 6.45) is 0.136. The van der Waals surface area contributed by atoms with Gasteiger partial charge >= 0.3 is 0 Å². The van der Waals surface area contributed by atoms with Crippen molar-refractivity contribution in [1.82, 2.24) is 0 Å². The number of anilines is 1. The van der Waals surface area contributed by atoms with Crippen molar-refractivity contribution in [3.63, 3.8) is 0 Å². The van der Waals surface area contributed by atoms with Crippen molar-refractivity contribution in [2.45, 2.75) is 11.3 Å². The third-order valence-electron chi connectivity index (χ3n) is 3.08. The molecule has 0 aromatic heterocycles. The van der Waals surface area contributed by atoms with Gasteiger partial charge in [0.1, 0.15) is 5.82 Å². The minimum atomic E-state index is -0.485. The summed E-state index contributed by atoms with van der Waals surface area (Å²) >= 11 is 7.35. The first-order valence-electron chi connectivity index (χ1n) is 6.92. The molecule has 0 fully saturated rings. The van der Waals surface area contributed by atoms with E-state index in [4.69, 9.17) is 16.9 Å². The van der Waals surface area contributed by atoms with Crippen LogP contribution in [0.15, 0.2) is 53.4 Å². The summed E-state index contributed by atoms with van der Waals surface area (Å²) in [5.41, 5.74) is 0.188. The minimum absolute atomic E-state index is 0.115. The highest BCUT2D eigenvalue weighted by molar-refractivity contribution is 8.00. The van der Waals surface area contributed by atoms with Gasteiger partial charge in [-0.15, -0.1) is 11.8 Å². The van der Waals surface area contributed by atoms with Crippen LogP contribution in [0.1, 0.15) is 6.42 Å². The number of carbonyl (C=O) groups excluding carboxylic acids is 1. The van der Waals surface area contributed by atoms with Crippen LogP contribution in [0.25, 0.3) is 0 Å². The number of thioether (sulfide) groups is 1. The first-order chi connectivity index (χ1) is 11.1. The highest BCUT2D eigenvalue weighted by atomic mass is 35.5. The first kappa shape index (κ1) is 17.3. The highest BCUT2D eigenvalue weighted by Gasteiger charge is 2.19. The number of halogens is 2. The lowest BCUT2D eigenvalue weighted by Crippen LogP contribution is -2.34. The van der Waals surface area contributed by atoms with Crippen molar-refractivity contribution < 1.29 is 9.18 Å². The summed E-state index contributed by atoms with van der Waals surface area (Å²) in [5.74, 6) is -0.638. The van der Waals surface area contributed by atoms with Crippen LogP contribution in [0.2, 0.25) is 5.02 Å². The number of benzene rings is 2. The Morgan fingerprint density at radius 1 is 1.22 bits per heavy atom. The summed E-state index contributed by atoms with van der Waals surface area (Å²) in [6, 6.07) is 15.2. The van der Waals surface area contributed by atoms with Gasteiger partial charge in [-0.2, -0.15) is 5.26 Å². The van der Waals surface area contributed by atoms with Gasteiger partial charge in [0.15, 0.2) is 0 Å². The number of rotatable bonds is 6. The second-order valence-corrected chi connectivity index (χ2v) is 6.05. The molecule has 1 amide bonds. The van der Waals surface area contributed by atoms with E-state index in [1.54, 1.807) is 18.2 Å². The third-order valence-corrected chi connectivity index (χ3v) is 4.58. The summed E-state index contributed by atoms with van der Waals surface area (Å²) in [6.45, 7) is 0.152. The summed E-state index contributed by atoms with van der Waals surface area (Å²) in [5, 5.41) is 9.32. The molecule has 0 N–H and O–H groups in total. The molecule has 3 nitrogen and oxygen atoms in total. The molecule has 0 saturated carbocycles. The molecule has 0 bridgehead atoms. The molecule has 0 aliphatic heterocycles. The van der Waals surface area contributed by atoms with E-state index in [2.05, 4.69) is 0 Å². The molecule has 2 rings (SSSR count). The number of carbonyl (C=O) groups is 1. The van der Waals surface area contributed by atoms with Crippen molar-refractivity contribution in [2.24, 2.45) is 0 Å². The van der Waals surface area contributed by atoms with E-state index in [1.165, 1.54) is 28.8 Å². The second-order valence-electron chi connectivity index (χ2n) is 4.62. The molecule has 2 aromatic rings. The Balaban J connectivity index is 2.13. The molecule has 0 atom stereocenters. The minimum Gasteiger partial charge on any atom is -0.308 e. The molecule has 0 aliphatic carbocycles. The number of hydrogen-bond acceptors (Lipinski definition) is 3. The smallest absolute Gasteiger partial charge is 0.237 e. The zero-order valence-electron chi connectivity index (χ0n) is 12.2. The zero-order valence-corrected chi connectivity index (χ0v) is 13.8. The molecule has 6 heteroatoms. The van der Waals surface area contributed by atoms with Gasteiger partial charge in [-0.3, -0.25) is 4.79 Å². The number of hydrogen-bond donors (Lipinski definition) is 0. The molecule has 0 spiro atoms. The molecule has 0 saturated heterocycles. The fourth-order valence-electron chi connectivity index (χ4n) is 1.99. The van der Waals surface area contributed by atoms with Crippen LogP contribution >= 0.6 is 23.4 Å². The fourth-order valence-corrected chi connectivity index (χ4v) is 3.11. The zero-order chi connectivity index (χ0) is 16.7. The van der Waals surface area contributed by atoms with Gasteiger partial charge in [0.2, 0.25) is 5.91 Å². The monoisotopic (exact) mass is 348 g/mol. The van der Waals surface area contributed by atoms with Gasteiger partial charge in [-0.05, 0) is 24.3 Å². The van der Waals surface area contributed by atoms with Gasteiger partial charge in [0.25, 0.3) is 0 Å². The lowest BCUT2D eigenvalue weighted by Gasteiger charge is -2.22. The average Bonchev–Trinajstić information content (AvgIpc) is 2.56. The Hall–Kier alpha value is -2.03. The third kappa shape index (κ3) is 4.72. The maximum Gasteiger partial charge on any atom is 0.237 e. The number of para-hydroxylation sites is 1. The molecular formula is C17H14ClFN2OS. The SMILES string of the molecule is N#CCCN(C(=O)CSc1ccccc1Cl)c1ccccc1F. The van der Waals surface area contributed by atoms with Gasteiger partial charge in [-0.25, -0.2) is 4.39 Å². The topological polar surface area (TPSA) is 44.1 Å². The molecule has 23 heavy (non-hydrogen) atoms. The number of nitriles is 1. The van der Waals surface area contributed by atoms with Crippen LogP contribution in [0.4, 0.5) is 10.1 Å². The first-order valence-corrected chi connectivity index (χ1v) is 8.29. The highest BCUT2D eigenvalue weighted by Crippen LogP contribution is 2.28. The van der Waals surface area contributed by atoms with E-state index in [9.17, 15) is 9.18 Å². The van der Waals surface area contributed by atoms with Gasteiger partial charge in [0.05, 0.1) is 29.0 Å². The fraction of sp³-hybridized carbons (Fsp3) is 0.176. The van der Waals surface area contributed by atoms with Crippen molar-refractivity contribution in [1.29, 1.82) is 5.26 Å². The molecular weight excluding hydrogens is 335 g/mol. The van der Waals surface area contributed by atoms with E-state index in [0.29, 0.717) is 5.02 Å². The molecule has 0 radical (unpaired) electrons. The second kappa shape index (κ2) is 8.56. The van der Waals surface area contributed by atoms with Crippen molar-refractivity contribution >= 4 is 35.0 Å². The maximum absolute atomic E-state index is 13.9. The molecule has 118 valence electrons. The van der Waals surface area contributed by atoms with Crippen LogP contribution < -0.4 is 4.90 Å². The van der Waals surface area contributed by atoms with Crippen molar-refractivity contribution in [3.8, 4) is 6.07 Å². The van der Waals surface area contributed by atoms with Crippen molar-refractivity contribution in [2.75, 3.05) is 17.2 Å². The van der Waals surface area contributed by atoms with Crippen LogP contribution in [0.3, 0.4) is 0 Å². The summed E-state index contributed by atoms with van der Waals surface area (Å²) in [7, 11) is 0. The van der Waals surface area contributed by atoms with Crippen LogP contribution in [0, 0.1) is 17.1 Å². The lowest BCUT2D eigenvalue weighted by molar-refractivity contribution is -0.116. The normalized spacial score (nSPS) is 10.1. The Kier molecular flexibility index (Phi) is 6.45. The quantitative estimate of drug-likeness (QED) is 0.721. The standard InChI is InChI=1S/C17H14ClFN2OS/c18-13-6-1-4-9-16(13)23-12-17(22)21(11-5-10-20)15-8-3-2-7-14(15)19/h1-4,6-9H,5,11-12H2. The molecule has 0 heterocycles.